The fourth-order valence-electron chi connectivity index (χ4n) is 2.70. The molecule has 1 aromatic rings. The molecule has 5 heteroatoms. The van der Waals surface area contributed by atoms with Gasteiger partial charge in [-0.15, -0.1) is 12.4 Å². The third-order valence-electron chi connectivity index (χ3n) is 3.59. The highest BCUT2D eigenvalue weighted by Crippen LogP contribution is 2.34. The first-order valence-corrected chi connectivity index (χ1v) is 6.47. The number of carbonyl (C=O) groups is 1. The van der Waals surface area contributed by atoms with Crippen molar-refractivity contribution >= 4 is 35.6 Å². The van der Waals surface area contributed by atoms with Gasteiger partial charge in [0.2, 0.25) is 5.91 Å². The lowest BCUT2D eigenvalue weighted by atomic mass is 10.1. The lowest BCUT2D eigenvalue weighted by Crippen LogP contribution is -2.42. The molecule has 2 heterocycles. The molecule has 1 saturated heterocycles. The van der Waals surface area contributed by atoms with Crippen molar-refractivity contribution in [3.63, 3.8) is 0 Å². The molecule has 0 spiro atoms. The number of anilines is 1. The Hall–Kier alpha value is -0.770. The Morgan fingerprint density at radius 1 is 1.44 bits per heavy atom. The first-order chi connectivity index (χ1) is 8.27. The van der Waals surface area contributed by atoms with Crippen LogP contribution in [-0.2, 0) is 11.2 Å². The van der Waals surface area contributed by atoms with Crippen molar-refractivity contribution in [2.75, 3.05) is 18.0 Å². The summed E-state index contributed by atoms with van der Waals surface area (Å²) >= 11 is 6.15. The molecule has 3 rings (SSSR count). The van der Waals surface area contributed by atoms with E-state index in [1.54, 1.807) is 0 Å². The molecule has 98 valence electrons. The smallest absolute Gasteiger partial charge is 0.244 e. The Morgan fingerprint density at radius 2 is 2.28 bits per heavy atom. The van der Waals surface area contributed by atoms with Gasteiger partial charge in [0.05, 0.1) is 6.04 Å². The van der Waals surface area contributed by atoms with E-state index in [0.717, 1.165) is 48.6 Å². The SMILES string of the molecule is Cl.O=C(C1CCCN1)N1CCc2c(Cl)cccc21. The first-order valence-electron chi connectivity index (χ1n) is 6.09. The van der Waals surface area contributed by atoms with E-state index in [1.807, 2.05) is 23.1 Å². The zero-order chi connectivity index (χ0) is 11.8. The van der Waals surface area contributed by atoms with Gasteiger partial charge >= 0.3 is 0 Å². The summed E-state index contributed by atoms with van der Waals surface area (Å²) in [5.74, 6) is 0.198. The Labute approximate surface area is 118 Å². The van der Waals surface area contributed by atoms with E-state index in [4.69, 9.17) is 11.6 Å². The minimum Gasteiger partial charge on any atom is -0.310 e. The molecule has 18 heavy (non-hydrogen) atoms. The maximum atomic E-state index is 12.3. The van der Waals surface area contributed by atoms with Gasteiger partial charge in [-0.25, -0.2) is 0 Å². The van der Waals surface area contributed by atoms with Crippen LogP contribution in [0.2, 0.25) is 5.02 Å². The Balaban J connectivity index is 0.00000120. The predicted octanol–water partition coefficient (Wildman–Crippen LogP) is 2.40. The van der Waals surface area contributed by atoms with Crippen LogP contribution in [0.5, 0.6) is 0 Å². The first kappa shape index (κ1) is 13.7. The average molecular weight is 287 g/mol. The van der Waals surface area contributed by atoms with Gasteiger partial charge in [0.15, 0.2) is 0 Å². The molecule has 3 nitrogen and oxygen atoms in total. The lowest BCUT2D eigenvalue weighted by molar-refractivity contribution is -0.120. The highest BCUT2D eigenvalue weighted by atomic mass is 35.5. The molecule has 1 amide bonds. The molecule has 0 bridgehead atoms. The van der Waals surface area contributed by atoms with Gasteiger partial charge in [-0.2, -0.15) is 0 Å². The topological polar surface area (TPSA) is 32.3 Å². The van der Waals surface area contributed by atoms with Gasteiger partial charge in [0.1, 0.15) is 0 Å². The molecule has 2 aliphatic rings. The van der Waals surface area contributed by atoms with Crippen LogP contribution in [0.3, 0.4) is 0 Å². The molecular weight excluding hydrogens is 271 g/mol. The van der Waals surface area contributed by atoms with E-state index in [2.05, 4.69) is 5.32 Å². The van der Waals surface area contributed by atoms with Crippen LogP contribution in [0, 0.1) is 0 Å². The fourth-order valence-corrected chi connectivity index (χ4v) is 2.97. The predicted molar refractivity (Wildman–Crippen MR) is 75.8 cm³/mol. The van der Waals surface area contributed by atoms with Gasteiger partial charge in [-0.3, -0.25) is 4.79 Å². The second-order valence-electron chi connectivity index (χ2n) is 4.63. The summed E-state index contributed by atoms with van der Waals surface area (Å²) in [6, 6.07) is 5.79. The quantitative estimate of drug-likeness (QED) is 0.860. The summed E-state index contributed by atoms with van der Waals surface area (Å²) in [5.41, 5.74) is 2.11. The van der Waals surface area contributed by atoms with Crippen molar-refractivity contribution in [1.29, 1.82) is 0 Å². The highest BCUT2D eigenvalue weighted by molar-refractivity contribution is 6.32. The molecule has 0 saturated carbocycles. The van der Waals surface area contributed by atoms with E-state index in [-0.39, 0.29) is 24.4 Å². The zero-order valence-corrected chi connectivity index (χ0v) is 11.6. The number of rotatable bonds is 1. The zero-order valence-electron chi connectivity index (χ0n) is 9.99. The number of amides is 1. The Morgan fingerprint density at radius 3 is 3.00 bits per heavy atom. The Kier molecular flexibility index (Phi) is 4.15. The summed E-state index contributed by atoms with van der Waals surface area (Å²) in [4.78, 5) is 14.2. The van der Waals surface area contributed by atoms with Crippen LogP contribution in [-0.4, -0.2) is 25.0 Å². The van der Waals surface area contributed by atoms with E-state index in [9.17, 15) is 4.79 Å². The standard InChI is InChI=1S/C13H15ClN2O.ClH/c14-10-3-1-5-12-9(10)6-8-16(12)13(17)11-4-2-7-15-11;/h1,3,5,11,15H,2,4,6-8H2;1H. The van der Waals surface area contributed by atoms with Crippen molar-refractivity contribution in [3.05, 3.63) is 28.8 Å². The van der Waals surface area contributed by atoms with Crippen molar-refractivity contribution in [3.8, 4) is 0 Å². The maximum Gasteiger partial charge on any atom is 0.244 e. The van der Waals surface area contributed by atoms with Gasteiger partial charge in [-0.1, -0.05) is 17.7 Å². The van der Waals surface area contributed by atoms with Crippen LogP contribution < -0.4 is 10.2 Å². The molecule has 2 aliphatic heterocycles. The number of fused-ring (bicyclic) bond motifs is 1. The fraction of sp³-hybridized carbons (Fsp3) is 0.462. The lowest BCUT2D eigenvalue weighted by Gasteiger charge is -2.21. The van der Waals surface area contributed by atoms with Crippen molar-refractivity contribution in [2.45, 2.75) is 25.3 Å². The van der Waals surface area contributed by atoms with Crippen molar-refractivity contribution in [1.82, 2.24) is 5.32 Å². The monoisotopic (exact) mass is 286 g/mol. The number of halogens is 2. The number of hydrogen-bond donors (Lipinski definition) is 1. The Bertz CT molecular complexity index is 458. The average Bonchev–Trinajstić information content (AvgIpc) is 2.98. The molecule has 1 unspecified atom stereocenters. The highest BCUT2D eigenvalue weighted by Gasteiger charge is 2.32. The minimum absolute atomic E-state index is 0. The number of benzene rings is 1. The number of nitrogens with zero attached hydrogens (tertiary/aromatic N) is 1. The van der Waals surface area contributed by atoms with E-state index < -0.39 is 0 Å². The summed E-state index contributed by atoms with van der Waals surface area (Å²) in [5, 5.41) is 4.03. The largest absolute Gasteiger partial charge is 0.310 e. The normalized spacial score (nSPS) is 21.6. The molecule has 1 fully saturated rings. The molecule has 0 aliphatic carbocycles. The van der Waals surface area contributed by atoms with Gasteiger partial charge in [-0.05, 0) is 43.5 Å². The summed E-state index contributed by atoms with van der Waals surface area (Å²) in [6.07, 6.45) is 2.91. The molecule has 1 atom stereocenters. The van der Waals surface area contributed by atoms with E-state index in [1.165, 1.54) is 0 Å². The second-order valence-corrected chi connectivity index (χ2v) is 5.03. The number of carbonyl (C=O) groups excluding carboxylic acids is 1. The number of hydrogen-bond acceptors (Lipinski definition) is 2. The summed E-state index contributed by atoms with van der Waals surface area (Å²) in [7, 11) is 0. The molecule has 0 radical (unpaired) electrons. The third kappa shape index (κ3) is 2.22. The summed E-state index contributed by atoms with van der Waals surface area (Å²) in [6.45, 7) is 1.71. The van der Waals surface area contributed by atoms with Gasteiger partial charge in [0, 0.05) is 17.3 Å². The molecule has 0 aromatic heterocycles. The van der Waals surface area contributed by atoms with Crippen LogP contribution in [0.25, 0.3) is 0 Å². The summed E-state index contributed by atoms with van der Waals surface area (Å²) < 4.78 is 0. The van der Waals surface area contributed by atoms with Crippen LogP contribution >= 0.6 is 24.0 Å². The second kappa shape index (κ2) is 5.47. The van der Waals surface area contributed by atoms with Crippen LogP contribution in [0.15, 0.2) is 18.2 Å². The minimum atomic E-state index is -0.0000633. The van der Waals surface area contributed by atoms with Gasteiger partial charge in [0.25, 0.3) is 0 Å². The van der Waals surface area contributed by atoms with Crippen molar-refractivity contribution in [2.24, 2.45) is 0 Å². The third-order valence-corrected chi connectivity index (χ3v) is 3.95. The van der Waals surface area contributed by atoms with Gasteiger partial charge < -0.3 is 10.2 Å². The van der Waals surface area contributed by atoms with E-state index >= 15 is 0 Å². The molecule has 1 N–H and O–H groups in total. The van der Waals surface area contributed by atoms with E-state index in [0.29, 0.717) is 0 Å². The number of nitrogens with one attached hydrogen (secondary N) is 1. The molecular formula is C13H16Cl2N2O. The molecule has 1 aromatic carbocycles. The van der Waals surface area contributed by atoms with Crippen LogP contribution in [0.1, 0.15) is 18.4 Å². The van der Waals surface area contributed by atoms with Crippen LogP contribution in [0.4, 0.5) is 5.69 Å². The van der Waals surface area contributed by atoms with Crippen molar-refractivity contribution < 1.29 is 4.79 Å². The maximum absolute atomic E-state index is 12.3.